The van der Waals surface area contributed by atoms with Crippen LogP contribution >= 0.6 is 0 Å². The van der Waals surface area contributed by atoms with Crippen LogP contribution in [0.2, 0.25) is 0 Å². The Morgan fingerprint density at radius 2 is 1.94 bits per heavy atom. The maximum atomic E-state index is 5.40. The number of hydrogen-bond donors (Lipinski definition) is 1. The molecular weight excluding hydrogens is 216 g/mol. The van der Waals surface area contributed by atoms with Gasteiger partial charge in [-0.3, -0.25) is 0 Å². The van der Waals surface area contributed by atoms with Crippen molar-refractivity contribution in [3.05, 3.63) is 55.1 Å². The van der Waals surface area contributed by atoms with Crippen molar-refractivity contribution in [1.82, 2.24) is 14.9 Å². The molecule has 0 saturated heterocycles. The Bertz CT molecular complexity index is 450. The number of nitrogens with zero attached hydrogens (tertiary/aromatic N) is 3. The molecule has 0 bridgehead atoms. The summed E-state index contributed by atoms with van der Waals surface area (Å²) >= 11 is 0. The van der Waals surface area contributed by atoms with Crippen molar-refractivity contribution in [2.24, 2.45) is 0 Å². The molecule has 0 saturated carbocycles. The van der Waals surface area contributed by atoms with E-state index in [1.54, 1.807) is 23.4 Å². The van der Waals surface area contributed by atoms with E-state index < -0.39 is 0 Å². The minimum absolute atomic E-state index is 0.526. The van der Waals surface area contributed by atoms with E-state index >= 15 is 0 Å². The number of rotatable bonds is 6. The fourth-order valence-corrected chi connectivity index (χ4v) is 1.32. The van der Waals surface area contributed by atoms with Crippen LogP contribution in [-0.4, -0.2) is 21.5 Å². The summed E-state index contributed by atoms with van der Waals surface area (Å²) in [5, 5.41) is 7.41. The summed E-state index contributed by atoms with van der Waals surface area (Å²) in [4.78, 5) is 0. The quantitative estimate of drug-likeness (QED) is 0.766. The zero-order valence-corrected chi connectivity index (χ0v) is 9.41. The Labute approximate surface area is 99.7 Å². The van der Waals surface area contributed by atoms with E-state index in [2.05, 4.69) is 22.2 Å². The lowest BCUT2D eigenvalue weighted by atomic mass is 10.2. The van der Waals surface area contributed by atoms with Gasteiger partial charge in [0.15, 0.2) is 0 Å². The smallest absolute Gasteiger partial charge is 0.138 e. The van der Waals surface area contributed by atoms with Crippen LogP contribution < -0.4 is 10.2 Å². The molecule has 0 aliphatic heterocycles. The second-order valence-electron chi connectivity index (χ2n) is 3.45. The molecule has 5 nitrogen and oxygen atoms in total. The summed E-state index contributed by atoms with van der Waals surface area (Å²) in [5.41, 5.74) is 4.30. The lowest BCUT2D eigenvalue weighted by Crippen LogP contribution is -2.11. The highest BCUT2D eigenvalue weighted by molar-refractivity contribution is 5.27. The zero-order chi connectivity index (χ0) is 11.9. The summed E-state index contributed by atoms with van der Waals surface area (Å²) < 4.78 is 7.11. The predicted molar refractivity (Wildman–Crippen MR) is 65.2 cm³/mol. The molecule has 1 heterocycles. The molecule has 1 N–H and O–H groups in total. The molecule has 0 atom stereocenters. The fourth-order valence-electron chi connectivity index (χ4n) is 1.32. The number of ether oxygens (including phenoxy) is 1. The van der Waals surface area contributed by atoms with E-state index in [1.165, 1.54) is 0 Å². The van der Waals surface area contributed by atoms with Crippen molar-refractivity contribution in [2.45, 2.75) is 6.54 Å². The molecule has 2 aromatic rings. The highest BCUT2D eigenvalue weighted by Crippen LogP contribution is 2.12. The van der Waals surface area contributed by atoms with Crippen LogP contribution in [-0.2, 0) is 6.54 Å². The van der Waals surface area contributed by atoms with Gasteiger partial charge in [-0.25, -0.2) is 4.68 Å². The van der Waals surface area contributed by atoms with E-state index in [4.69, 9.17) is 4.74 Å². The van der Waals surface area contributed by atoms with Crippen LogP contribution in [0.5, 0.6) is 5.75 Å². The van der Waals surface area contributed by atoms with Crippen molar-refractivity contribution in [3.63, 3.8) is 0 Å². The van der Waals surface area contributed by atoms with Gasteiger partial charge in [0.05, 0.1) is 6.54 Å². The van der Waals surface area contributed by atoms with Crippen molar-refractivity contribution in [3.8, 4) is 5.75 Å². The molecule has 0 aliphatic rings. The van der Waals surface area contributed by atoms with Gasteiger partial charge in [-0.1, -0.05) is 24.8 Å². The Morgan fingerprint density at radius 1 is 1.24 bits per heavy atom. The van der Waals surface area contributed by atoms with Crippen molar-refractivity contribution in [1.29, 1.82) is 0 Å². The number of nitrogens with one attached hydrogen (secondary N) is 1. The molecule has 17 heavy (non-hydrogen) atoms. The van der Waals surface area contributed by atoms with Gasteiger partial charge in [0.2, 0.25) is 0 Å². The molecule has 0 amide bonds. The Morgan fingerprint density at radius 3 is 2.59 bits per heavy atom. The first kappa shape index (κ1) is 11.2. The summed E-state index contributed by atoms with van der Waals surface area (Å²) in [5.74, 6) is 0.845. The van der Waals surface area contributed by atoms with E-state index in [-0.39, 0.29) is 0 Å². The molecular formula is C12H14N4O. The molecule has 0 spiro atoms. The van der Waals surface area contributed by atoms with Gasteiger partial charge in [-0.15, -0.1) is 10.2 Å². The van der Waals surface area contributed by atoms with Crippen LogP contribution in [0.1, 0.15) is 5.56 Å². The second kappa shape index (κ2) is 5.69. The van der Waals surface area contributed by atoms with E-state index in [9.17, 15) is 0 Å². The number of hydrogen-bond acceptors (Lipinski definition) is 4. The molecule has 1 aromatic carbocycles. The average Bonchev–Trinajstić information content (AvgIpc) is 2.88. The fraction of sp³-hybridized carbons (Fsp3) is 0.167. The molecule has 88 valence electrons. The normalized spacial score (nSPS) is 9.88. The van der Waals surface area contributed by atoms with Crippen LogP contribution in [0.15, 0.2) is 49.6 Å². The lowest BCUT2D eigenvalue weighted by Gasteiger charge is -2.07. The predicted octanol–water partition coefficient (Wildman–Crippen LogP) is 1.59. The standard InChI is InChI=1S/C12H14N4O/c1-2-7-17-12-5-3-11(4-6-12)8-15-16-9-13-14-10-16/h2-6,9-10,15H,1,7-8H2. The SMILES string of the molecule is C=CCOc1ccc(CNn2cnnc2)cc1. The third kappa shape index (κ3) is 3.34. The molecule has 1 aromatic heterocycles. The number of aromatic nitrogens is 3. The van der Waals surface area contributed by atoms with E-state index in [0.717, 1.165) is 11.3 Å². The molecule has 0 unspecified atom stereocenters. The molecule has 0 aliphatic carbocycles. The first-order chi connectivity index (χ1) is 8.38. The summed E-state index contributed by atoms with van der Waals surface area (Å²) in [6.45, 7) is 4.84. The minimum atomic E-state index is 0.526. The van der Waals surface area contributed by atoms with Gasteiger partial charge in [0.25, 0.3) is 0 Å². The van der Waals surface area contributed by atoms with Gasteiger partial charge in [0.1, 0.15) is 25.0 Å². The lowest BCUT2D eigenvalue weighted by molar-refractivity contribution is 0.363. The van der Waals surface area contributed by atoms with Crippen LogP contribution in [0.4, 0.5) is 0 Å². The van der Waals surface area contributed by atoms with E-state index in [1.807, 2.05) is 24.3 Å². The highest BCUT2D eigenvalue weighted by atomic mass is 16.5. The highest BCUT2D eigenvalue weighted by Gasteiger charge is 1.95. The van der Waals surface area contributed by atoms with Crippen molar-refractivity contribution in [2.75, 3.05) is 12.0 Å². The molecule has 0 fully saturated rings. The van der Waals surface area contributed by atoms with Crippen molar-refractivity contribution >= 4 is 0 Å². The van der Waals surface area contributed by atoms with Gasteiger partial charge < -0.3 is 10.2 Å². The zero-order valence-electron chi connectivity index (χ0n) is 9.41. The monoisotopic (exact) mass is 230 g/mol. The van der Waals surface area contributed by atoms with Crippen LogP contribution in [0, 0.1) is 0 Å². The maximum absolute atomic E-state index is 5.40. The van der Waals surface area contributed by atoms with Gasteiger partial charge in [-0.05, 0) is 17.7 Å². The van der Waals surface area contributed by atoms with E-state index in [0.29, 0.717) is 13.2 Å². The summed E-state index contributed by atoms with van der Waals surface area (Å²) in [7, 11) is 0. The van der Waals surface area contributed by atoms with Gasteiger partial charge >= 0.3 is 0 Å². The second-order valence-corrected chi connectivity index (χ2v) is 3.45. The topological polar surface area (TPSA) is 52.0 Å². The Kier molecular flexibility index (Phi) is 3.75. The molecule has 0 radical (unpaired) electrons. The molecule has 2 rings (SSSR count). The first-order valence-corrected chi connectivity index (χ1v) is 5.29. The Balaban J connectivity index is 1.87. The third-order valence-corrected chi connectivity index (χ3v) is 2.18. The maximum Gasteiger partial charge on any atom is 0.138 e. The molecule has 5 heteroatoms. The van der Waals surface area contributed by atoms with Crippen LogP contribution in [0.3, 0.4) is 0 Å². The average molecular weight is 230 g/mol. The largest absolute Gasteiger partial charge is 0.490 e. The van der Waals surface area contributed by atoms with Gasteiger partial charge in [0, 0.05) is 0 Å². The van der Waals surface area contributed by atoms with Crippen LogP contribution in [0.25, 0.3) is 0 Å². The first-order valence-electron chi connectivity index (χ1n) is 5.29. The summed E-state index contributed by atoms with van der Waals surface area (Å²) in [6, 6.07) is 7.89. The minimum Gasteiger partial charge on any atom is -0.490 e. The van der Waals surface area contributed by atoms with Crippen molar-refractivity contribution < 1.29 is 4.74 Å². The third-order valence-electron chi connectivity index (χ3n) is 2.18. The Hall–Kier alpha value is -2.30. The number of benzene rings is 1. The summed E-state index contributed by atoms with van der Waals surface area (Å²) in [6.07, 6.45) is 4.95. The van der Waals surface area contributed by atoms with Gasteiger partial charge in [-0.2, -0.15) is 0 Å².